The summed E-state index contributed by atoms with van der Waals surface area (Å²) >= 11 is 0. The molecule has 8 nitrogen and oxygen atoms in total. The van der Waals surface area contributed by atoms with Crippen molar-refractivity contribution in [3.63, 3.8) is 0 Å². The molecule has 1 aromatic heterocycles. The molecule has 36 heavy (non-hydrogen) atoms. The number of carbonyl (C=O) groups is 2. The van der Waals surface area contributed by atoms with Crippen molar-refractivity contribution in [2.75, 3.05) is 0 Å². The summed E-state index contributed by atoms with van der Waals surface area (Å²) in [7, 11) is 0. The van der Waals surface area contributed by atoms with Crippen molar-refractivity contribution in [2.45, 2.75) is 105 Å². The Morgan fingerprint density at radius 3 is 2.25 bits per heavy atom. The molecule has 8 atom stereocenters. The molecule has 2 rings (SSSR count). The molecule has 0 aromatic carbocycles. The molecule has 0 aliphatic carbocycles. The van der Waals surface area contributed by atoms with Crippen molar-refractivity contribution in [1.29, 1.82) is 0 Å². The third kappa shape index (κ3) is 7.73. The molecular formula is C28H45NO7. The average molecular weight is 508 g/mol. The standard InChI is InChI=1S/C28H45NO7/c1-15-9-16(2)22(30)12-23(17(3)11-21-14-35-20(6)29-21)36-25(32)13-24(31)28(7,8)27(34)19(5)26(33)18(4)10-15/h11,14-16,18-19,22-24,26,30-31,33H,9-10,12-13H2,1-8H3/b17-11+/t15?,16?,18-,19+,22?,23-,24-,26-/m0/s1. The van der Waals surface area contributed by atoms with E-state index in [0.29, 0.717) is 23.6 Å². The molecule has 1 aliphatic heterocycles. The fraction of sp³-hybridized carbons (Fsp3) is 0.750. The third-order valence-electron chi connectivity index (χ3n) is 7.79. The van der Waals surface area contributed by atoms with Crippen LogP contribution in [0.2, 0.25) is 0 Å². The molecule has 0 radical (unpaired) electrons. The van der Waals surface area contributed by atoms with Gasteiger partial charge in [0, 0.05) is 19.3 Å². The van der Waals surface area contributed by atoms with Crippen LogP contribution in [0.5, 0.6) is 0 Å². The number of ether oxygens (including phenoxy) is 1. The zero-order chi connectivity index (χ0) is 27.4. The Labute approximate surface area is 215 Å². The van der Waals surface area contributed by atoms with Gasteiger partial charge in [-0.25, -0.2) is 4.98 Å². The van der Waals surface area contributed by atoms with Crippen molar-refractivity contribution >= 4 is 17.8 Å². The quantitative estimate of drug-likeness (QED) is 0.510. The molecule has 1 fully saturated rings. The van der Waals surface area contributed by atoms with Crippen LogP contribution in [0.1, 0.15) is 85.7 Å². The van der Waals surface area contributed by atoms with Gasteiger partial charge < -0.3 is 24.5 Å². The first-order chi connectivity index (χ1) is 16.6. The number of nitrogens with zero attached hydrogens (tertiary/aromatic N) is 1. The van der Waals surface area contributed by atoms with Crippen molar-refractivity contribution in [3.8, 4) is 0 Å². The fourth-order valence-electron chi connectivity index (χ4n) is 5.23. The van der Waals surface area contributed by atoms with Crippen molar-refractivity contribution in [3.05, 3.63) is 23.4 Å². The highest BCUT2D eigenvalue weighted by Crippen LogP contribution is 2.34. The van der Waals surface area contributed by atoms with E-state index < -0.39 is 41.7 Å². The smallest absolute Gasteiger partial charge is 0.309 e. The second kappa shape index (κ2) is 12.5. The molecule has 0 spiro atoms. The van der Waals surface area contributed by atoms with E-state index in [-0.39, 0.29) is 36.4 Å². The largest absolute Gasteiger partial charge is 0.458 e. The number of ketones is 1. The summed E-state index contributed by atoms with van der Waals surface area (Å²) < 4.78 is 11.0. The molecule has 1 saturated heterocycles. The number of aryl methyl sites for hydroxylation is 1. The highest BCUT2D eigenvalue weighted by atomic mass is 16.5. The first-order valence-corrected chi connectivity index (χ1v) is 13.0. The van der Waals surface area contributed by atoms with E-state index in [1.54, 1.807) is 40.7 Å². The Morgan fingerprint density at radius 2 is 1.67 bits per heavy atom. The topological polar surface area (TPSA) is 130 Å². The Morgan fingerprint density at radius 1 is 1.06 bits per heavy atom. The van der Waals surface area contributed by atoms with Gasteiger partial charge in [0.15, 0.2) is 5.89 Å². The monoisotopic (exact) mass is 507 g/mol. The van der Waals surface area contributed by atoms with E-state index in [0.717, 1.165) is 6.42 Å². The van der Waals surface area contributed by atoms with Gasteiger partial charge in [-0.05, 0) is 49.2 Å². The second-order valence-corrected chi connectivity index (χ2v) is 11.6. The maximum absolute atomic E-state index is 13.3. The third-order valence-corrected chi connectivity index (χ3v) is 7.79. The molecule has 0 amide bonds. The predicted octanol–water partition coefficient (Wildman–Crippen LogP) is 4.09. The van der Waals surface area contributed by atoms with Crippen molar-refractivity contribution < 1.29 is 34.1 Å². The summed E-state index contributed by atoms with van der Waals surface area (Å²) in [6.45, 7) is 14.3. The van der Waals surface area contributed by atoms with Crippen LogP contribution in [0.25, 0.3) is 6.08 Å². The Bertz CT molecular complexity index is 921. The first kappa shape index (κ1) is 30.2. The maximum atomic E-state index is 13.3. The van der Waals surface area contributed by atoms with Crippen LogP contribution in [0.3, 0.4) is 0 Å². The average Bonchev–Trinajstić information content (AvgIpc) is 3.20. The van der Waals surface area contributed by atoms with Gasteiger partial charge in [-0.15, -0.1) is 0 Å². The predicted molar refractivity (Wildman–Crippen MR) is 137 cm³/mol. The molecule has 3 unspecified atom stereocenters. The molecule has 0 saturated carbocycles. The Hall–Kier alpha value is -2.03. The number of hydrogen-bond acceptors (Lipinski definition) is 8. The van der Waals surface area contributed by atoms with Crippen LogP contribution in [-0.2, 0) is 14.3 Å². The van der Waals surface area contributed by atoms with E-state index in [9.17, 15) is 24.9 Å². The lowest BCUT2D eigenvalue weighted by Gasteiger charge is -2.35. The molecule has 0 bridgehead atoms. The van der Waals surface area contributed by atoms with Gasteiger partial charge in [-0.1, -0.05) is 41.5 Å². The lowest BCUT2D eigenvalue weighted by atomic mass is 9.72. The van der Waals surface area contributed by atoms with Crippen molar-refractivity contribution in [1.82, 2.24) is 4.98 Å². The Kier molecular flexibility index (Phi) is 10.5. The number of aromatic nitrogens is 1. The minimum absolute atomic E-state index is 0.0795. The maximum Gasteiger partial charge on any atom is 0.309 e. The van der Waals surface area contributed by atoms with Crippen LogP contribution < -0.4 is 0 Å². The number of Topliss-reactive ketones (excluding diaryl/α,β-unsaturated/α-hetero) is 1. The van der Waals surface area contributed by atoms with Gasteiger partial charge in [0.1, 0.15) is 23.8 Å². The second-order valence-electron chi connectivity index (χ2n) is 11.6. The van der Waals surface area contributed by atoms with Crippen LogP contribution in [-0.4, -0.2) is 56.5 Å². The van der Waals surface area contributed by atoms with Crippen molar-refractivity contribution in [2.24, 2.45) is 29.1 Å². The molecule has 1 aromatic rings. The summed E-state index contributed by atoms with van der Waals surface area (Å²) in [5.74, 6) is -1.17. The number of carbonyl (C=O) groups excluding carboxylic acids is 2. The summed E-state index contributed by atoms with van der Waals surface area (Å²) in [6, 6.07) is 0. The van der Waals surface area contributed by atoms with Gasteiger partial charge in [0.2, 0.25) is 0 Å². The lowest BCUT2D eigenvalue weighted by Crippen LogP contribution is -2.46. The number of rotatable bonds is 2. The van der Waals surface area contributed by atoms with Gasteiger partial charge in [0.25, 0.3) is 0 Å². The normalized spacial score (nSPS) is 35.9. The number of esters is 1. The van der Waals surface area contributed by atoms with E-state index in [1.165, 1.54) is 6.26 Å². The van der Waals surface area contributed by atoms with Gasteiger partial charge in [-0.2, -0.15) is 0 Å². The molecule has 3 N–H and O–H groups in total. The van der Waals surface area contributed by atoms with E-state index in [4.69, 9.17) is 9.15 Å². The Balaban J connectivity index is 2.38. The number of aliphatic hydroxyl groups excluding tert-OH is 3. The highest BCUT2D eigenvalue weighted by Gasteiger charge is 2.42. The van der Waals surface area contributed by atoms with Crippen LogP contribution >= 0.6 is 0 Å². The molecule has 2 heterocycles. The van der Waals surface area contributed by atoms with Crippen LogP contribution in [0.15, 0.2) is 16.3 Å². The SMILES string of the molecule is C/C(=C\c1coc(C)n1)[C@@H]1CC(O)C(C)CC(C)C[C@H](C)[C@H](O)[C@@H](C)C(=O)C(C)(C)[C@@H](O)CC(=O)O1. The molecule has 8 heteroatoms. The van der Waals surface area contributed by atoms with Gasteiger partial charge in [0.05, 0.1) is 30.1 Å². The van der Waals surface area contributed by atoms with Crippen LogP contribution in [0, 0.1) is 36.0 Å². The summed E-state index contributed by atoms with van der Waals surface area (Å²) in [4.78, 5) is 30.4. The number of oxazole rings is 1. The minimum atomic E-state index is -1.29. The van der Waals surface area contributed by atoms with Crippen LogP contribution in [0.4, 0.5) is 0 Å². The summed E-state index contributed by atoms with van der Waals surface area (Å²) in [6.07, 6.45) is 0.846. The van der Waals surface area contributed by atoms with E-state index in [2.05, 4.69) is 11.9 Å². The molecule has 1 aliphatic rings. The summed E-state index contributed by atoms with van der Waals surface area (Å²) in [5, 5.41) is 32.8. The number of cyclic esters (lactones) is 1. The van der Waals surface area contributed by atoms with Gasteiger partial charge in [-0.3, -0.25) is 9.59 Å². The zero-order valence-corrected chi connectivity index (χ0v) is 23.0. The fourth-order valence-corrected chi connectivity index (χ4v) is 5.23. The minimum Gasteiger partial charge on any atom is -0.458 e. The summed E-state index contributed by atoms with van der Waals surface area (Å²) in [5.41, 5.74) is 0.0129. The highest BCUT2D eigenvalue weighted by molar-refractivity contribution is 5.88. The van der Waals surface area contributed by atoms with Gasteiger partial charge >= 0.3 is 5.97 Å². The zero-order valence-electron chi connectivity index (χ0n) is 23.0. The molecule has 204 valence electrons. The number of aliphatic hydroxyl groups is 3. The molecular weight excluding hydrogens is 462 g/mol. The first-order valence-electron chi connectivity index (χ1n) is 13.0. The lowest BCUT2D eigenvalue weighted by molar-refractivity contribution is -0.155. The van der Waals surface area contributed by atoms with E-state index >= 15 is 0 Å². The number of hydrogen-bond donors (Lipinski definition) is 3. The van der Waals surface area contributed by atoms with E-state index in [1.807, 2.05) is 13.8 Å².